The Kier molecular flexibility index (Phi) is 17.8. The third-order valence-electron chi connectivity index (χ3n) is 8.85. The Morgan fingerprint density at radius 3 is 1.80 bits per heavy atom. The highest BCUT2D eigenvalue weighted by Gasteiger charge is 2.16. The number of hydrogen-bond donors (Lipinski definition) is 5. The van der Waals surface area contributed by atoms with Crippen LogP contribution in [-0.4, -0.2) is 95.4 Å². The molecule has 0 spiro atoms. The summed E-state index contributed by atoms with van der Waals surface area (Å²) in [6, 6.07) is 26.9. The molecule has 0 aliphatic heterocycles. The molecule has 6 aromatic rings. The molecule has 0 saturated heterocycles. The normalized spacial score (nSPS) is 11.3. The first kappa shape index (κ1) is 48.8. The van der Waals surface area contributed by atoms with Crippen LogP contribution >= 0.6 is 23.2 Å². The Morgan fingerprint density at radius 1 is 0.770 bits per heavy atom. The van der Waals surface area contributed by atoms with Gasteiger partial charge in [0.15, 0.2) is 5.82 Å². The molecular weight excluding hydrogens is 884 g/mol. The van der Waals surface area contributed by atoms with Gasteiger partial charge in [0.2, 0.25) is 5.91 Å². The first-order chi connectivity index (χ1) is 28.8. The maximum absolute atomic E-state index is 13.0. The molecule has 326 valence electrons. The number of H-pyrrole nitrogens is 1. The predicted molar refractivity (Wildman–Crippen MR) is 248 cm³/mol. The van der Waals surface area contributed by atoms with E-state index in [1.165, 1.54) is 24.3 Å². The van der Waals surface area contributed by atoms with Crippen molar-refractivity contribution in [2.24, 2.45) is 7.05 Å². The fraction of sp³-hybridized carbons (Fsp3) is 0.262. The highest BCUT2D eigenvalue weighted by atomic mass is 35.5. The second kappa shape index (κ2) is 22.3. The van der Waals surface area contributed by atoms with Crippen LogP contribution in [0.2, 0.25) is 0 Å². The Hall–Kier alpha value is -4.88. The van der Waals surface area contributed by atoms with E-state index in [-0.39, 0.29) is 32.5 Å². The molecule has 19 heteroatoms. The minimum atomic E-state index is -4.02. The van der Waals surface area contributed by atoms with E-state index in [0.29, 0.717) is 48.3 Å². The number of imidazole rings is 1. The molecule has 2 heterocycles. The molecule has 0 aliphatic carbocycles. The molecule has 61 heavy (non-hydrogen) atoms. The zero-order valence-electron chi connectivity index (χ0n) is 34.2. The summed E-state index contributed by atoms with van der Waals surface area (Å²) in [4.78, 5) is 35.2. The van der Waals surface area contributed by atoms with E-state index in [1.54, 1.807) is 36.4 Å². The van der Waals surface area contributed by atoms with Gasteiger partial charge in [0, 0.05) is 55.0 Å². The zero-order chi connectivity index (χ0) is 44.9. The molecule has 0 bridgehead atoms. The van der Waals surface area contributed by atoms with Crippen LogP contribution < -0.4 is 15.5 Å². The van der Waals surface area contributed by atoms with Crippen LogP contribution in [0.15, 0.2) is 113 Å². The zero-order valence-corrected chi connectivity index (χ0v) is 38.2. The fourth-order valence-electron chi connectivity index (χ4n) is 5.61. The number of nitrogens with zero attached hydrogens (tertiary/aromatic N) is 3. The average Bonchev–Trinajstić information content (AvgIpc) is 3.79. The van der Waals surface area contributed by atoms with Crippen LogP contribution in [0, 0.1) is 13.8 Å². The van der Waals surface area contributed by atoms with Crippen molar-refractivity contribution in [1.82, 2.24) is 14.5 Å². The van der Waals surface area contributed by atoms with Crippen molar-refractivity contribution in [1.29, 1.82) is 0 Å². The second-order valence-electron chi connectivity index (χ2n) is 14.0. The van der Waals surface area contributed by atoms with Gasteiger partial charge in [-0.15, -0.1) is 23.2 Å². The largest absolute Gasteiger partial charge is 0.369 e. The van der Waals surface area contributed by atoms with Gasteiger partial charge >= 0.3 is 0 Å². The number of benzene rings is 4. The Morgan fingerprint density at radius 2 is 1.31 bits per heavy atom. The summed E-state index contributed by atoms with van der Waals surface area (Å²) in [5, 5.41) is 5.92. The summed E-state index contributed by atoms with van der Waals surface area (Å²) < 4.78 is 61.0. The van der Waals surface area contributed by atoms with Gasteiger partial charge in [0.05, 0.1) is 51.1 Å². The van der Waals surface area contributed by atoms with E-state index in [2.05, 4.69) is 33.0 Å². The smallest absolute Gasteiger partial charge is 0.294 e. The highest BCUT2D eigenvalue weighted by molar-refractivity contribution is 7.95. The number of aromatic amines is 1. The summed E-state index contributed by atoms with van der Waals surface area (Å²) in [6.45, 7) is 5.08. The van der Waals surface area contributed by atoms with E-state index in [1.807, 2.05) is 68.1 Å². The van der Waals surface area contributed by atoms with Gasteiger partial charge < -0.3 is 25.1 Å². The lowest BCUT2D eigenvalue weighted by Gasteiger charge is -2.23. The van der Waals surface area contributed by atoms with E-state index < -0.39 is 20.2 Å². The third kappa shape index (κ3) is 15.2. The van der Waals surface area contributed by atoms with Crippen LogP contribution in [0.4, 0.5) is 17.1 Å². The molecule has 0 fully saturated rings. The van der Waals surface area contributed by atoms with Crippen LogP contribution in [0.25, 0.3) is 22.6 Å². The number of alkyl halides is 2. The molecule has 5 N–H and O–H groups in total. The summed E-state index contributed by atoms with van der Waals surface area (Å²) in [7, 11) is -5.91. The first-order valence-corrected chi connectivity index (χ1v) is 24.8. The molecule has 6 rings (SSSR count). The number of carbonyl (C=O) groups is 2. The monoisotopic (exact) mass is 931 g/mol. The molecule has 4 aromatic carbocycles. The van der Waals surface area contributed by atoms with Gasteiger partial charge in [-0.3, -0.25) is 18.7 Å². The molecule has 0 radical (unpaired) electrons. The van der Waals surface area contributed by atoms with Gasteiger partial charge in [-0.2, -0.15) is 16.8 Å². The van der Waals surface area contributed by atoms with Crippen molar-refractivity contribution in [3.8, 4) is 11.5 Å². The van der Waals surface area contributed by atoms with Crippen molar-refractivity contribution in [3.05, 3.63) is 120 Å². The predicted octanol–water partition coefficient (Wildman–Crippen LogP) is 7.79. The first-order valence-electron chi connectivity index (χ1n) is 18.6. The summed E-state index contributed by atoms with van der Waals surface area (Å²) in [5.41, 5.74) is 7.16. The molecular formula is C42H49Cl2N6O8S3+. The topological polar surface area (TPSA) is 204 Å². The summed E-state index contributed by atoms with van der Waals surface area (Å²) >= 11 is 11.8. The molecule has 0 saturated carbocycles. The average molecular weight is 933 g/mol. The number of hydrogen-bond acceptors (Lipinski definition) is 8. The maximum Gasteiger partial charge on any atom is 0.294 e. The van der Waals surface area contributed by atoms with Gasteiger partial charge in [0.1, 0.15) is 5.75 Å². The minimum Gasteiger partial charge on any atom is -0.369 e. The Bertz CT molecular complexity index is 2540. The number of aryl methyl sites for hydroxylation is 3. The number of carbonyl (C=O) groups excluding carboxylic acids is 2. The second-order valence-corrected chi connectivity index (χ2v) is 20.0. The number of halogens is 2. The molecule has 2 aromatic heterocycles. The van der Waals surface area contributed by atoms with Crippen LogP contribution in [-0.2, 0) is 43.0 Å². The number of anilines is 3. The van der Waals surface area contributed by atoms with E-state index in [9.17, 15) is 26.4 Å². The lowest BCUT2D eigenvalue weighted by molar-refractivity contribution is -0.115. The van der Waals surface area contributed by atoms with Crippen molar-refractivity contribution in [3.63, 3.8) is 0 Å². The quantitative estimate of drug-likeness (QED) is 0.0408. The van der Waals surface area contributed by atoms with E-state index >= 15 is 0 Å². The molecule has 0 atom stereocenters. The van der Waals surface area contributed by atoms with Crippen molar-refractivity contribution >= 4 is 94.2 Å². The van der Waals surface area contributed by atoms with Crippen LogP contribution in [0.5, 0.6) is 0 Å². The molecule has 0 unspecified atom stereocenters. The fourth-order valence-corrected chi connectivity index (χ4v) is 7.58. The van der Waals surface area contributed by atoms with Crippen molar-refractivity contribution < 1.29 is 35.5 Å². The third-order valence-corrected chi connectivity index (χ3v) is 11.9. The summed E-state index contributed by atoms with van der Waals surface area (Å²) in [5.74, 6) is 2.33. The van der Waals surface area contributed by atoms with E-state index in [4.69, 9.17) is 37.3 Å². The number of fused-ring (bicyclic) bond motifs is 1. The Balaban J connectivity index is 0.000000301. The van der Waals surface area contributed by atoms with Crippen LogP contribution in [0.1, 0.15) is 27.9 Å². The van der Waals surface area contributed by atoms with E-state index in [0.717, 1.165) is 45.0 Å². The number of aromatic nitrogens is 3. The molecule has 14 nitrogen and oxygen atoms in total. The molecule has 0 aliphatic rings. The number of nitrogens with one attached hydrogen (secondary N) is 3. The minimum absolute atomic E-state index is 0.00564. The number of rotatable bonds is 14. The standard InChI is InChI=1S/C28H32Cl2N6O2S.2C7H8O3S/c1-35-18-21(31-26(37)10-15-39(2)3)17-25(35)27-33-23-9-4-19(16-24(23)34-27)28(38)32-20-5-7-22(8-6-20)36(13-11-29)14-12-30;2*1-6-2-4-7(5-3-6)11(8,9)10/h4-9,16-18H,10-15H2,1-3H3,(H2-,31,32,33,34,37,38);2*2-5H,1H3,(H,8,9,10)/p+1. The van der Waals surface area contributed by atoms with Gasteiger partial charge in [-0.05, 0) is 97.5 Å². The van der Waals surface area contributed by atoms with Crippen molar-refractivity contribution in [2.45, 2.75) is 30.1 Å². The highest BCUT2D eigenvalue weighted by Crippen LogP contribution is 2.26. The van der Waals surface area contributed by atoms with Gasteiger partial charge in [-0.25, -0.2) is 4.98 Å². The summed E-state index contributed by atoms with van der Waals surface area (Å²) in [6.07, 6.45) is 6.63. The maximum atomic E-state index is 13.0. The Labute approximate surface area is 369 Å². The molecule has 2 amide bonds. The SMILES string of the molecule is Cc1ccc(S(=O)(=O)O)cc1.Cc1ccc(S(=O)(=O)O)cc1.Cn1cc(NC(=O)CC[S+](C)C)cc1-c1nc2ccc(C(=O)Nc3ccc(N(CCCl)CCCl)cc3)cc2[nH]1. The van der Waals surface area contributed by atoms with Crippen LogP contribution in [0.3, 0.4) is 0 Å². The lowest BCUT2D eigenvalue weighted by atomic mass is 10.2. The van der Waals surface area contributed by atoms with Gasteiger partial charge in [0.25, 0.3) is 26.1 Å². The van der Waals surface area contributed by atoms with Crippen molar-refractivity contribution in [2.75, 3.05) is 58.6 Å². The number of amides is 2. The van der Waals surface area contributed by atoms with Gasteiger partial charge in [-0.1, -0.05) is 35.4 Å². The lowest BCUT2D eigenvalue weighted by Crippen LogP contribution is -2.27.